The number of hydrogen-bond acceptors (Lipinski definition) is 2. The summed E-state index contributed by atoms with van der Waals surface area (Å²) >= 11 is 0. The second-order valence-electron chi connectivity index (χ2n) is 5.68. The van der Waals surface area contributed by atoms with Gasteiger partial charge >= 0.3 is 0 Å². The molecule has 1 saturated carbocycles. The average Bonchev–Trinajstić information content (AvgIpc) is 3.20. The summed E-state index contributed by atoms with van der Waals surface area (Å²) in [7, 11) is 2.21. The van der Waals surface area contributed by atoms with Crippen LogP contribution in [0.2, 0.25) is 0 Å². The second-order valence-corrected chi connectivity index (χ2v) is 5.68. The maximum Gasteiger partial charge on any atom is 0.0409 e. The van der Waals surface area contributed by atoms with Crippen molar-refractivity contribution in [1.29, 1.82) is 0 Å². The third kappa shape index (κ3) is 3.74. The lowest BCUT2D eigenvalue weighted by Gasteiger charge is -2.25. The first-order valence-corrected chi connectivity index (χ1v) is 7.23. The Morgan fingerprint density at radius 2 is 2.06 bits per heavy atom. The van der Waals surface area contributed by atoms with E-state index >= 15 is 0 Å². The lowest BCUT2D eigenvalue weighted by molar-refractivity contribution is 0.558. The molecule has 18 heavy (non-hydrogen) atoms. The number of nitrogens with one attached hydrogen (secondary N) is 1. The Balaban J connectivity index is 2.00. The van der Waals surface area contributed by atoms with Crippen molar-refractivity contribution >= 4 is 5.69 Å². The van der Waals surface area contributed by atoms with Crippen LogP contribution in [0.3, 0.4) is 0 Å². The number of hydrogen-bond donors (Lipinski definition) is 1. The van der Waals surface area contributed by atoms with E-state index in [-0.39, 0.29) is 0 Å². The van der Waals surface area contributed by atoms with Crippen molar-refractivity contribution in [3.05, 3.63) is 29.8 Å². The van der Waals surface area contributed by atoms with Gasteiger partial charge in [-0.15, -0.1) is 0 Å². The standard InChI is InChI=1S/C16H26N2/c1-4-13(2)12-18(3)16-8-6-5-7-14(16)11-17-15-9-10-15/h5-8,13,15,17H,4,9-12H2,1-3H3. The van der Waals surface area contributed by atoms with Gasteiger partial charge in [0.2, 0.25) is 0 Å². The van der Waals surface area contributed by atoms with E-state index in [4.69, 9.17) is 0 Å². The van der Waals surface area contributed by atoms with Crippen LogP contribution in [0.5, 0.6) is 0 Å². The predicted octanol–water partition coefficient (Wildman–Crippen LogP) is 3.42. The van der Waals surface area contributed by atoms with Gasteiger partial charge < -0.3 is 10.2 Å². The van der Waals surface area contributed by atoms with E-state index in [1.165, 1.54) is 30.5 Å². The van der Waals surface area contributed by atoms with Gasteiger partial charge in [-0.1, -0.05) is 38.5 Å². The van der Waals surface area contributed by atoms with Crippen LogP contribution in [0.15, 0.2) is 24.3 Å². The van der Waals surface area contributed by atoms with Gasteiger partial charge in [0.15, 0.2) is 0 Å². The highest BCUT2D eigenvalue weighted by molar-refractivity contribution is 5.53. The molecule has 0 aromatic heterocycles. The van der Waals surface area contributed by atoms with E-state index in [0.29, 0.717) is 0 Å². The SMILES string of the molecule is CCC(C)CN(C)c1ccccc1CNC1CC1. The van der Waals surface area contributed by atoms with Crippen molar-refractivity contribution in [3.63, 3.8) is 0 Å². The third-order valence-electron chi connectivity index (χ3n) is 3.84. The van der Waals surface area contributed by atoms with Gasteiger partial charge in [-0.3, -0.25) is 0 Å². The highest BCUT2D eigenvalue weighted by Gasteiger charge is 2.20. The normalized spacial score (nSPS) is 16.6. The monoisotopic (exact) mass is 246 g/mol. The maximum atomic E-state index is 3.61. The molecule has 1 unspecified atom stereocenters. The molecule has 1 aliphatic rings. The lowest BCUT2D eigenvalue weighted by Crippen LogP contribution is -2.26. The largest absolute Gasteiger partial charge is 0.374 e. The van der Waals surface area contributed by atoms with E-state index in [1.54, 1.807) is 0 Å². The zero-order chi connectivity index (χ0) is 13.0. The highest BCUT2D eigenvalue weighted by atomic mass is 15.1. The first-order chi connectivity index (χ1) is 8.70. The molecule has 1 fully saturated rings. The molecule has 100 valence electrons. The summed E-state index contributed by atoms with van der Waals surface area (Å²) in [5.41, 5.74) is 2.81. The minimum Gasteiger partial charge on any atom is -0.374 e. The molecule has 0 radical (unpaired) electrons. The molecule has 0 bridgehead atoms. The molecular weight excluding hydrogens is 220 g/mol. The van der Waals surface area contributed by atoms with Crippen molar-refractivity contribution < 1.29 is 0 Å². The minimum absolute atomic E-state index is 0.749. The molecule has 0 spiro atoms. The summed E-state index contributed by atoms with van der Waals surface area (Å²) in [5.74, 6) is 0.749. The van der Waals surface area contributed by atoms with E-state index in [2.05, 4.69) is 55.4 Å². The molecule has 2 rings (SSSR count). The molecule has 1 aromatic carbocycles. The van der Waals surface area contributed by atoms with Gasteiger partial charge in [0.05, 0.1) is 0 Å². The topological polar surface area (TPSA) is 15.3 Å². The van der Waals surface area contributed by atoms with Gasteiger partial charge in [-0.2, -0.15) is 0 Å². The fourth-order valence-corrected chi connectivity index (χ4v) is 2.27. The summed E-state index contributed by atoms with van der Waals surface area (Å²) in [6.45, 7) is 6.73. The quantitative estimate of drug-likeness (QED) is 0.793. The summed E-state index contributed by atoms with van der Waals surface area (Å²) in [4.78, 5) is 2.40. The number of anilines is 1. The number of rotatable bonds is 7. The van der Waals surface area contributed by atoms with Crippen LogP contribution < -0.4 is 10.2 Å². The molecule has 1 N–H and O–H groups in total. The number of benzene rings is 1. The van der Waals surface area contributed by atoms with Gasteiger partial charge in [-0.25, -0.2) is 0 Å². The van der Waals surface area contributed by atoms with E-state index < -0.39 is 0 Å². The Hall–Kier alpha value is -1.02. The van der Waals surface area contributed by atoms with Crippen LogP contribution in [-0.2, 0) is 6.54 Å². The van der Waals surface area contributed by atoms with E-state index in [0.717, 1.165) is 25.0 Å². The van der Waals surface area contributed by atoms with Crippen LogP contribution >= 0.6 is 0 Å². The van der Waals surface area contributed by atoms with Crippen molar-refractivity contribution in [2.45, 2.75) is 45.7 Å². The van der Waals surface area contributed by atoms with Crippen molar-refractivity contribution in [1.82, 2.24) is 5.32 Å². The van der Waals surface area contributed by atoms with Gasteiger partial charge in [0.1, 0.15) is 0 Å². The number of para-hydroxylation sites is 1. The Morgan fingerprint density at radius 1 is 1.33 bits per heavy atom. The molecule has 2 heteroatoms. The van der Waals surface area contributed by atoms with Crippen molar-refractivity contribution in [3.8, 4) is 0 Å². The summed E-state index contributed by atoms with van der Waals surface area (Å²) in [6, 6.07) is 9.55. The average molecular weight is 246 g/mol. The van der Waals surface area contributed by atoms with Crippen LogP contribution in [0.1, 0.15) is 38.7 Å². The Labute approximate surface area is 111 Å². The summed E-state index contributed by atoms with van der Waals surface area (Å²) < 4.78 is 0. The maximum absolute atomic E-state index is 3.61. The molecule has 1 aliphatic carbocycles. The molecular formula is C16H26N2. The first-order valence-electron chi connectivity index (χ1n) is 7.23. The summed E-state index contributed by atoms with van der Waals surface area (Å²) in [5, 5.41) is 3.61. The lowest BCUT2D eigenvalue weighted by atomic mass is 10.1. The van der Waals surface area contributed by atoms with Gasteiger partial charge in [-0.05, 0) is 30.4 Å². The molecule has 0 saturated heterocycles. The first kappa shape index (κ1) is 13.4. The molecule has 0 amide bonds. The molecule has 0 aliphatic heterocycles. The molecule has 1 atom stereocenters. The van der Waals surface area contributed by atoms with Gasteiger partial charge in [0.25, 0.3) is 0 Å². The number of nitrogens with zero attached hydrogens (tertiary/aromatic N) is 1. The zero-order valence-corrected chi connectivity index (χ0v) is 11.9. The Bertz CT molecular complexity index is 371. The Kier molecular flexibility index (Phi) is 4.65. The van der Waals surface area contributed by atoms with Gasteiger partial charge in [0, 0.05) is 31.9 Å². The van der Waals surface area contributed by atoms with Crippen LogP contribution in [0.4, 0.5) is 5.69 Å². The van der Waals surface area contributed by atoms with Crippen LogP contribution in [0.25, 0.3) is 0 Å². The van der Waals surface area contributed by atoms with Crippen molar-refractivity contribution in [2.75, 3.05) is 18.5 Å². The minimum atomic E-state index is 0.749. The fraction of sp³-hybridized carbons (Fsp3) is 0.625. The zero-order valence-electron chi connectivity index (χ0n) is 11.9. The van der Waals surface area contributed by atoms with E-state index in [1.807, 2.05) is 0 Å². The Morgan fingerprint density at radius 3 is 2.72 bits per heavy atom. The molecule has 0 heterocycles. The molecule has 1 aromatic rings. The summed E-state index contributed by atoms with van der Waals surface area (Å²) in [6.07, 6.45) is 3.95. The highest BCUT2D eigenvalue weighted by Crippen LogP contribution is 2.23. The predicted molar refractivity (Wildman–Crippen MR) is 79.0 cm³/mol. The van der Waals surface area contributed by atoms with Crippen molar-refractivity contribution in [2.24, 2.45) is 5.92 Å². The van der Waals surface area contributed by atoms with E-state index in [9.17, 15) is 0 Å². The smallest absolute Gasteiger partial charge is 0.0409 e. The van der Waals surface area contributed by atoms with Crippen LogP contribution in [-0.4, -0.2) is 19.6 Å². The fourth-order valence-electron chi connectivity index (χ4n) is 2.27. The second kappa shape index (κ2) is 6.24. The molecule has 2 nitrogen and oxygen atoms in total. The van der Waals surface area contributed by atoms with Crippen LogP contribution in [0, 0.1) is 5.92 Å². The third-order valence-corrected chi connectivity index (χ3v) is 3.84.